The number of nitrogens with zero attached hydrogens (tertiary/aromatic N) is 2. The van der Waals surface area contributed by atoms with Crippen molar-refractivity contribution in [1.82, 2.24) is 9.78 Å². The van der Waals surface area contributed by atoms with Crippen LogP contribution in [0, 0.1) is 19.7 Å². The number of carbonyl (C=O) groups excluding carboxylic acids is 1. The monoisotopic (exact) mass is 341 g/mol. The first kappa shape index (κ1) is 16.8. The number of anilines is 1. The van der Waals surface area contributed by atoms with Crippen LogP contribution in [-0.4, -0.2) is 20.9 Å². The van der Waals surface area contributed by atoms with Crippen molar-refractivity contribution in [1.29, 1.82) is 0 Å². The molecule has 0 bridgehead atoms. The number of amides is 1. The highest BCUT2D eigenvalue weighted by Crippen LogP contribution is 2.28. The molecule has 2 aromatic rings. The SMILES string of the molecule is Cc1nn(C)c(C)c1NC(=O)[C@@H](C)Sc1ccc(F)c(Cl)c1. The fraction of sp³-hybridized carbons (Fsp3) is 0.333. The minimum atomic E-state index is -0.468. The molecule has 1 atom stereocenters. The summed E-state index contributed by atoms with van der Waals surface area (Å²) in [7, 11) is 1.83. The molecule has 0 saturated carbocycles. The highest BCUT2D eigenvalue weighted by atomic mass is 35.5. The number of hydrogen-bond acceptors (Lipinski definition) is 3. The van der Waals surface area contributed by atoms with Crippen molar-refractivity contribution in [2.45, 2.75) is 30.9 Å². The number of hydrogen-bond donors (Lipinski definition) is 1. The number of rotatable bonds is 4. The number of thioether (sulfide) groups is 1. The number of aromatic nitrogens is 2. The second-order valence-electron chi connectivity index (χ2n) is 4.99. The molecule has 22 heavy (non-hydrogen) atoms. The fourth-order valence-corrected chi connectivity index (χ4v) is 3.14. The molecule has 0 aliphatic heterocycles. The van der Waals surface area contributed by atoms with Gasteiger partial charge in [-0.3, -0.25) is 9.48 Å². The van der Waals surface area contributed by atoms with Gasteiger partial charge >= 0.3 is 0 Å². The van der Waals surface area contributed by atoms with Crippen molar-refractivity contribution in [2.75, 3.05) is 5.32 Å². The van der Waals surface area contributed by atoms with Crippen molar-refractivity contribution < 1.29 is 9.18 Å². The molecular formula is C15H17ClFN3OS. The van der Waals surface area contributed by atoms with Crippen molar-refractivity contribution >= 4 is 35.0 Å². The average Bonchev–Trinajstić information content (AvgIpc) is 2.69. The Hall–Kier alpha value is -1.53. The predicted molar refractivity (Wildman–Crippen MR) is 88.0 cm³/mol. The van der Waals surface area contributed by atoms with Gasteiger partial charge in [0.05, 0.1) is 27.3 Å². The van der Waals surface area contributed by atoms with Crippen LogP contribution in [0.3, 0.4) is 0 Å². The molecule has 7 heteroatoms. The predicted octanol–water partition coefficient (Wildman–Crippen LogP) is 3.95. The van der Waals surface area contributed by atoms with E-state index in [1.54, 1.807) is 17.7 Å². The number of halogens is 2. The third kappa shape index (κ3) is 3.62. The summed E-state index contributed by atoms with van der Waals surface area (Å²) in [6.45, 7) is 5.53. The fourth-order valence-electron chi connectivity index (χ4n) is 1.99. The van der Waals surface area contributed by atoms with Crippen molar-refractivity contribution in [3.8, 4) is 0 Å². The Bertz CT molecular complexity index is 717. The molecule has 1 heterocycles. The van der Waals surface area contributed by atoms with Crippen LogP contribution in [-0.2, 0) is 11.8 Å². The minimum Gasteiger partial charge on any atom is -0.322 e. The molecule has 1 aromatic carbocycles. The van der Waals surface area contributed by atoms with Gasteiger partial charge in [0.25, 0.3) is 0 Å². The van der Waals surface area contributed by atoms with Gasteiger partial charge in [0.1, 0.15) is 5.82 Å². The molecule has 0 unspecified atom stereocenters. The maximum absolute atomic E-state index is 13.1. The van der Waals surface area contributed by atoms with Crippen LogP contribution >= 0.6 is 23.4 Å². The topological polar surface area (TPSA) is 46.9 Å². The molecule has 4 nitrogen and oxygen atoms in total. The standard InChI is InChI=1S/C15H17ClFN3OS/c1-8-14(9(2)20(4)19-8)18-15(21)10(3)22-11-5-6-13(17)12(16)7-11/h5-7,10H,1-4H3,(H,18,21)/t10-/m1/s1. The normalized spacial score (nSPS) is 12.3. The van der Waals surface area contributed by atoms with E-state index in [1.165, 1.54) is 23.9 Å². The lowest BCUT2D eigenvalue weighted by atomic mass is 10.3. The van der Waals surface area contributed by atoms with E-state index in [1.807, 2.05) is 20.9 Å². The van der Waals surface area contributed by atoms with E-state index in [-0.39, 0.29) is 16.2 Å². The van der Waals surface area contributed by atoms with E-state index in [0.29, 0.717) is 0 Å². The van der Waals surface area contributed by atoms with E-state index < -0.39 is 5.82 Å². The van der Waals surface area contributed by atoms with Gasteiger partial charge in [0.2, 0.25) is 5.91 Å². The number of benzene rings is 1. The van der Waals surface area contributed by atoms with Crippen molar-refractivity contribution in [3.05, 3.63) is 40.4 Å². The van der Waals surface area contributed by atoms with Gasteiger partial charge in [0.15, 0.2) is 0 Å². The Labute approximate surface area is 138 Å². The highest BCUT2D eigenvalue weighted by Gasteiger charge is 2.18. The zero-order valence-corrected chi connectivity index (χ0v) is 14.3. The maximum Gasteiger partial charge on any atom is 0.237 e. The van der Waals surface area contributed by atoms with Crippen LogP contribution in [0.4, 0.5) is 10.1 Å². The minimum absolute atomic E-state index is 0.0524. The number of aryl methyl sites for hydroxylation is 2. The first-order valence-corrected chi connectivity index (χ1v) is 7.98. The first-order valence-electron chi connectivity index (χ1n) is 6.72. The Kier molecular flexibility index (Phi) is 5.13. The van der Waals surface area contributed by atoms with Crippen LogP contribution in [0.2, 0.25) is 5.02 Å². The van der Waals surface area contributed by atoms with Crippen molar-refractivity contribution in [2.24, 2.45) is 7.05 Å². The smallest absolute Gasteiger partial charge is 0.237 e. The van der Waals surface area contributed by atoms with Gasteiger partial charge in [-0.25, -0.2) is 4.39 Å². The van der Waals surface area contributed by atoms with E-state index in [0.717, 1.165) is 22.0 Å². The molecular weight excluding hydrogens is 325 g/mol. The molecule has 118 valence electrons. The zero-order valence-electron chi connectivity index (χ0n) is 12.8. The van der Waals surface area contributed by atoms with E-state index in [4.69, 9.17) is 11.6 Å². The van der Waals surface area contributed by atoms with Gasteiger partial charge in [0, 0.05) is 11.9 Å². The van der Waals surface area contributed by atoms with Crippen LogP contribution in [0.1, 0.15) is 18.3 Å². The zero-order chi connectivity index (χ0) is 16.4. The molecule has 0 aliphatic rings. The lowest BCUT2D eigenvalue weighted by Gasteiger charge is -2.12. The average molecular weight is 342 g/mol. The molecule has 0 fully saturated rings. The lowest BCUT2D eigenvalue weighted by molar-refractivity contribution is -0.115. The maximum atomic E-state index is 13.1. The van der Waals surface area contributed by atoms with E-state index >= 15 is 0 Å². The third-order valence-corrected chi connectivity index (χ3v) is 4.71. The Balaban J connectivity index is 2.07. The summed E-state index contributed by atoms with van der Waals surface area (Å²) in [5, 5.41) is 6.87. The summed E-state index contributed by atoms with van der Waals surface area (Å²) in [5.41, 5.74) is 2.40. The number of nitrogens with one attached hydrogen (secondary N) is 1. The summed E-state index contributed by atoms with van der Waals surface area (Å²) in [6, 6.07) is 4.42. The van der Waals surface area contributed by atoms with E-state index in [2.05, 4.69) is 10.4 Å². The first-order chi connectivity index (χ1) is 10.3. The molecule has 1 N–H and O–H groups in total. The van der Waals surface area contributed by atoms with Gasteiger partial charge in [-0.15, -0.1) is 11.8 Å². The van der Waals surface area contributed by atoms with E-state index in [9.17, 15) is 9.18 Å². The highest BCUT2D eigenvalue weighted by molar-refractivity contribution is 8.00. The van der Waals surface area contributed by atoms with Gasteiger partial charge in [-0.2, -0.15) is 5.10 Å². The summed E-state index contributed by atoms with van der Waals surface area (Å²) in [4.78, 5) is 13.1. The summed E-state index contributed by atoms with van der Waals surface area (Å²) in [6.07, 6.45) is 0. The largest absolute Gasteiger partial charge is 0.322 e. The molecule has 0 saturated heterocycles. The molecule has 1 aromatic heterocycles. The quantitative estimate of drug-likeness (QED) is 0.856. The summed E-state index contributed by atoms with van der Waals surface area (Å²) >= 11 is 7.07. The summed E-state index contributed by atoms with van der Waals surface area (Å²) < 4.78 is 14.9. The third-order valence-electron chi connectivity index (χ3n) is 3.33. The van der Waals surface area contributed by atoms with Crippen LogP contribution in [0.5, 0.6) is 0 Å². The molecule has 2 rings (SSSR count). The van der Waals surface area contributed by atoms with Crippen LogP contribution < -0.4 is 5.32 Å². The van der Waals surface area contributed by atoms with Crippen LogP contribution in [0.15, 0.2) is 23.1 Å². The van der Waals surface area contributed by atoms with Crippen LogP contribution in [0.25, 0.3) is 0 Å². The van der Waals surface area contributed by atoms with Crippen molar-refractivity contribution in [3.63, 3.8) is 0 Å². The second kappa shape index (κ2) is 6.71. The Morgan fingerprint density at radius 3 is 2.68 bits per heavy atom. The molecule has 0 aliphatic carbocycles. The summed E-state index contributed by atoms with van der Waals surface area (Å²) in [5.74, 6) is -0.602. The molecule has 1 amide bonds. The molecule has 0 spiro atoms. The lowest BCUT2D eigenvalue weighted by Crippen LogP contribution is -2.23. The number of carbonyl (C=O) groups is 1. The molecule has 0 radical (unpaired) electrons. The second-order valence-corrected chi connectivity index (χ2v) is 6.82. The van der Waals surface area contributed by atoms with Gasteiger partial charge in [-0.05, 0) is 39.0 Å². The Morgan fingerprint density at radius 2 is 2.14 bits per heavy atom. The van der Waals surface area contributed by atoms with Gasteiger partial charge in [-0.1, -0.05) is 11.6 Å². The Morgan fingerprint density at radius 1 is 1.45 bits per heavy atom. The van der Waals surface area contributed by atoms with Gasteiger partial charge < -0.3 is 5.32 Å².